The minimum absolute atomic E-state index is 0.144. The van der Waals surface area contributed by atoms with E-state index in [-0.39, 0.29) is 12.0 Å². The Hall–Kier alpha value is -1.00. The van der Waals surface area contributed by atoms with Crippen LogP contribution in [0.3, 0.4) is 0 Å². The second kappa shape index (κ2) is 8.99. The van der Waals surface area contributed by atoms with Crippen LogP contribution in [0.5, 0.6) is 0 Å². The van der Waals surface area contributed by atoms with Gasteiger partial charge in [0.2, 0.25) is 0 Å². The van der Waals surface area contributed by atoms with Crippen molar-refractivity contribution in [3.05, 3.63) is 29.8 Å². The van der Waals surface area contributed by atoms with Gasteiger partial charge in [0.1, 0.15) is 6.04 Å². The Morgan fingerprint density at radius 3 is 2.74 bits per heavy atom. The zero-order valence-corrected chi connectivity index (χ0v) is 12.8. The number of aryl methyl sites for hydroxylation is 1. The van der Waals surface area contributed by atoms with Gasteiger partial charge in [-0.2, -0.15) is 0 Å². The third-order valence-electron chi connectivity index (χ3n) is 2.78. The van der Waals surface area contributed by atoms with Gasteiger partial charge in [-0.1, -0.05) is 25.1 Å². The molecule has 0 saturated carbocycles. The maximum atomic E-state index is 11.7. The molecule has 19 heavy (non-hydrogen) atoms. The lowest BCUT2D eigenvalue weighted by Crippen LogP contribution is -2.38. The molecule has 1 unspecified atom stereocenters. The van der Waals surface area contributed by atoms with E-state index in [1.807, 2.05) is 26.0 Å². The average molecular weight is 281 g/mol. The van der Waals surface area contributed by atoms with Gasteiger partial charge in [-0.3, -0.25) is 4.79 Å². The highest BCUT2D eigenvalue weighted by atomic mass is 32.2. The molecule has 1 N–H and O–H groups in total. The molecule has 3 nitrogen and oxygen atoms in total. The van der Waals surface area contributed by atoms with Gasteiger partial charge in [0.15, 0.2) is 0 Å². The number of hydrogen-bond donors (Lipinski definition) is 1. The van der Waals surface area contributed by atoms with Crippen LogP contribution in [0.2, 0.25) is 0 Å². The topological polar surface area (TPSA) is 38.3 Å². The fraction of sp³-hybridized carbons (Fsp3) is 0.533. The van der Waals surface area contributed by atoms with Crippen molar-refractivity contribution in [2.75, 3.05) is 18.9 Å². The van der Waals surface area contributed by atoms with E-state index < -0.39 is 0 Å². The fourth-order valence-corrected chi connectivity index (χ4v) is 2.84. The molecule has 4 heteroatoms. The Balaban J connectivity index is 2.44. The van der Waals surface area contributed by atoms with Crippen LogP contribution in [0, 0.1) is 6.92 Å². The van der Waals surface area contributed by atoms with Crippen LogP contribution in [0.25, 0.3) is 0 Å². The first-order valence-electron chi connectivity index (χ1n) is 6.77. The minimum atomic E-state index is -0.193. The van der Waals surface area contributed by atoms with Gasteiger partial charge in [-0.05, 0) is 38.4 Å². The van der Waals surface area contributed by atoms with Gasteiger partial charge < -0.3 is 10.1 Å². The number of likely N-dealkylation sites (N-methyl/N-ethyl adjacent to an activating group) is 1. The van der Waals surface area contributed by atoms with Crippen LogP contribution in [-0.2, 0) is 9.53 Å². The van der Waals surface area contributed by atoms with E-state index in [2.05, 4.69) is 24.4 Å². The van der Waals surface area contributed by atoms with E-state index in [0.717, 1.165) is 18.7 Å². The predicted molar refractivity (Wildman–Crippen MR) is 80.6 cm³/mol. The first-order valence-corrected chi connectivity index (χ1v) is 7.76. The summed E-state index contributed by atoms with van der Waals surface area (Å²) in [7, 11) is 0. The quantitative estimate of drug-likeness (QED) is 0.587. The van der Waals surface area contributed by atoms with Crippen molar-refractivity contribution in [2.45, 2.75) is 38.1 Å². The van der Waals surface area contributed by atoms with Crippen LogP contribution >= 0.6 is 11.8 Å². The Bertz CT molecular complexity index is 395. The van der Waals surface area contributed by atoms with E-state index >= 15 is 0 Å². The lowest BCUT2D eigenvalue weighted by Gasteiger charge is -2.16. The summed E-state index contributed by atoms with van der Waals surface area (Å²) < 4.78 is 5.07. The first-order chi connectivity index (χ1) is 9.19. The van der Waals surface area contributed by atoms with Gasteiger partial charge >= 0.3 is 5.97 Å². The molecular weight excluding hydrogens is 258 g/mol. The Morgan fingerprint density at radius 1 is 1.37 bits per heavy atom. The largest absolute Gasteiger partial charge is 0.465 e. The van der Waals surface area contributed by atoms with Crippen LogP contribution < -0.4 is 5.32 Å². The molecule has 0 radical (unpaired) electrons. The molecule has 0 saturated heterocycles. The van der Waals surface area contributed by atoms with Crippen LogP contribution in [-0.4, -0.2) is 30.9 Å². The number of carbonyl (C=O) groups is 1. The van der Waals surface area contributed by atoms with E-state index in [9.17, 15) is 4.79 Å². The standard InChI is InChI=1S/C15H23NO2S/c1-4-16-13(15(17)18-5-2)10-11-19-14-9-7-6-8-12(14)3/h6-9,13,16H,4-5,10-11H2,1-3H3. The van der Waals surface area contributed by atoms with Crippen LogP contribution in [0.4, 0.5) is 0 Å². The van der Waals surface area contributed by atoms with Crippen LogP contribution in [0.15, 0.2) is 29.2 Å². The Kier molecular flexibility index (Phi) is 7.60. The highest BCUT2D eigenvalue weighted by Gasteiger charge is 2.18. The number of rotatable bonds is 8. The van der Waals surface area contributed by atoms with Gasteiger partial charge in [0, 0.05) is 10.6 Å². The normalized spacial score (nSPS) is 12.2. The number of thioether (sulfide) groups is 1. The summed E-state index contributed by atoms with van der Waals surface area (Å²) in [5.74, 6) is 0.760. The SMILES string of the molecule is CCNC(CCSc1ccccc1C)C(=O)OCC. The summed E-state index contributed by atoms with van der Waals surface area (Å²) in [6.45, 7) is 7.16. The zero-order chi connectivity index (χ0) is 14.1. The van der Waals surface area contributed by atoms with E-state index in [1.165, 1.54) is 10.5 Å². The van der Waals surface area contributed by atoms with Gasteiger partial charge in [-0.25, -0.2) is 0 Å². The molecule has 1 atom stereocenters. The van der Waals surface area contributed by atoms with Crippen molar-refractivity contribution in [1.29, 1.82) is 0 Å². The maximum absolute atomic E-state index is 11.7. The Morgan fingerprint density at radius 2 is 2.11 bits per heavy atom. The summed E-state index contributed by atoms with van der Waals surface area (Å²) in [4.78, 5) is 13.0. The molecule has 0 aromatic heterocycles. The number of benzene rings is 1. The lowest BCUT2D eigenvalue weighted by atomic mass is 10.2. The molecule has 1 aromatic rings. The third kappa shape index (κ3) is 5.66. The molecule has 0 spiro atoms. The number of hydrogen-bond acceptors (Lipinski definition) is 4. The molecule has 0 aliphatic heterocycles. The molecule has 0 bridgehead atoms. The maximum Gasteiger partial charge on any atom is 0.323 e. The number of nitrogens with one attached hydrogen (secondary N) is 1. The van der Waals surface area contributed by atoms with Crippen molar-refractivity contribution in [3.63, 3.8) is 0 Å². The fourth-order valence-electron chi connectivity index (χ4n) is 1.80. The van der Waals surface area contributed by atoms with Crippen molar-refractivity contribution < 1.29 is 9.53 Å². The second-order valence-electron chi connectivity index (χ2n) is 4.26. The van der Waals surface area contributed by atoms with E-state index in [4.69, 9.17) is 4.74 Å². The molecule has 106 valence electrons. The average Bonchev–Trinajstić information content (AvgIpc) is 2.40. The smallest absolute Gasteiger partial charge is 0.323 e. The zero-order valence-electron chi connectivity index (χ0n) is 11.9. The van der Waals surface area contributed by atoms with Gasteiger partial charge in [-0.15, -0.1) is 11.8 Å². The van der Waals surface area contributed by atoms with Crippen molar-refractivity contribution in [1.82, 2.24) is 5.32 Å². The summed E-state index contributed by atoms with van der Waals surface area (Å²) in [5, 5.41) is 3.18. The van der Waals surface area contributed by atoms with Gasteiger partial charge in [0.05, 0.1) is 6.61 Å². The highest BCUT2D eigenvalue weighted by Crippen LogP contribution is 2.22. The lowest BCUT2D eigenvalue weighted by molar-refractivity contribution is -0.145. The molecule has 1 aromatic carbocycles. The molecule has 0 heterocycles. The van der Waals surface area contributed by atoms with Crippen LogP contribution in [0.1, 0.15) is 25.8 Å². The summed E-state index contributed by atoms with van der Waals surface area (Å²) in [6.07, 6.45) is 0.783. The molecule has 0 fully saturated rings. The monoisotopic (exact) mass is 281 g/mol. The Labute approximate surface area is 120 Å². The predicted octanol–water partition coefficient (Wildman–Crippen LogP) is 3.02. The van der Waals surface area contributed by atoms with Gasteiger partial charge in [0.25, 0.3) is 0 Å². The highest BCUT2D eigenvalue weighted by molar-refractivity contribution is 7.99. The minimum Gasteiger partial charge on any atom is -0.465 e. The van der Waals surface area contributed by atoms with Crippen molar-refractivity contribution in [2.24, 2.45) is 0 Å². The number of carbonyl (C=O) groups excluding carboxylic acids is 1. The van der Waals surface area contributed by atoms with Crippen molar-refractivity contribution in [3.8, 4) is 0 Å². The molecule has 0 aliphatic carbocycles. The number of esters is 1. The second-order valence-corrected chi connectivity index (χ2v) is 5.40. The molecular formula is C15H23NO2S. The first kappa shape index (κ1) is 16.1. The third-order valence-corrected chi connectivity index (χ3v) is 3.99. The summed E-state index contributed by atoms with van der Waals surface area (Å²) in [6, 6.07) is 8.12. The molecule has 0 amide bonds. The van der Waals surface area contributed by atoms with Crippen molar-refractivity contribution >= 4 is 17.7 Å². The summed E-state index contributed by atoms with van der Waals surface area (Å²) in [5.41, 5.74) is 1.28. The molecule has 1 rings (SSSR count). The molecule has 0 aliphatic rings. The van der Waals surface area contributed by atoms with E-state index in [1.54, 1.807) is 11.8 Å². The number of ether oxygens (including phenoxy) is 1. The summed E-state index contributed by atoms with van der Waals surface area (Å²) >= 11 is 1.79. The van der Waals surface area contributed by atoms with E-state index in [0.29, 0.717) is 6.61 Å².